The van der Waals surface area contributed by atoms with Crippen LogP contribution in [0.3, 0.4) is 0 Å². The first-order valence-corrected chi connectivity index (χ1v) is 9.22. The molecule has 3 aromatic rings. The summed E-state index contributed by atoms with van der Waals surface area (Å²) in [5, 5.41) is 22.1. The predicted molar refractivity (Wildman–Crippen MR) is 108 cm³/mol. The Bertz CT molecular complexity index is 1050. The summed E-state index contributed by atoms with van der Waals surface area (Å²) >= 11 is 5.74. The van der Waals surface area contributed by atoms with Crippen LogP contribution in [0, 0.1) is 11.2 Å². The lowest BCUT2D eigenvalue weighted by Gasteiger charge is -2.18. The maximum absolute atomic E-state index is 13.4. The van der Waals surface area contributed by atoms with Crippen molar-refractivity contribution in [3.05, 3.63) is 46.9 Å². The molecule has 0 aliphatic heterocycles. The quantitative estimate of drug-likeness (QED) is 0.242. The summed E-state index contributed by atoms with van der Waals surface area (Å²) < 4.78 is 38.1. The van der Waals surface area contributed by atoms with Gasteiger partial charge in [-0.2, -0.15) is 4.98 Å². The van der Waals surface area contributed by atoms with E-state index in [1.807, 2.05) is 0 Å². The molecule has 0 fully saturated rings. The molecule has 160 valence electrons. The molecule has 0 bridgehead atoms. The second-order valence-electron chi connectivity index (χ2n) is 6.48. The van der Waals surface area contributed by atoms with Crippen LogP contribution in [0.25, 0.3) is 11.2 Å². The van der Waals surface area contributed by atoms with E-state index in [0.717, 1.165) is 6.07 Å². The third kappa shape index (κ3) is 4.99. The van der Waals surface area contributed by atoms with Gasteiger partial charge in [0.25, 0.3) is 6.43 Å². The topological polar surface area (TPSA) is 104 Å². The Balaban J connectivity index is 1.76. The van der Waals surface area contributed by atoms with E-state index < -0.39 is 12.2 Å². The van der Waals surface area contributed by atoms with Crippen LogP contribution in [0.15, 0.2) is 30.5 Å². The van der Waals surface area contributed by atoms with E-state index >= 15 is 0 Å². The summed E-state index contributed by atoms with van der Waals surface area (Å²) in [4.78, 5) is 12.8. The van der Waals surface area contributed by atoms with Crippen molar-refractivity contribution < 1.29 is 18.4 Å². The van der Waals surface area contributed by atoms with Crippen molar-refractivity contribution in [1.29, 1.82) is 5.41 Å². The smallest absolute Gasteiger partial charge is 0.251 e. The second kappa shape index (κ2) is 9.28. The fourth-order valence-electron chi connectivity index (χ4n) is 2.74. The molecular formula is C18H19ClF3N7O. The van der Waals surface area contributed by atoms with Crippen molar-refractivity contribution in [2.24, 2.45) is 0 Å². The number of hydrogen-bond donors (Lipinski definition) is 4. The molecule has 2 aromatic heterocycles. The highest BCUT2D eigenvalue weighted by Gasteiger charge is 2.18. The number of pyridine rings is 1. The Morgan fingerprint density at radius 1 is 1.37 bits per heavy atom. The van der Waals surface area contributed by atoms with Crippen LogP contribution in [0.1, 0.15) is 5.56 Å². The number of H-pyrrole nitrogens is 1. The third-order valence-electron chi connectivity index (χ3n) is 4.24. The highest BCUT2D eigenvalue weighted by Crippen LogP contribution is 2.24. The van der Waals surface area contributed by atoms with Gasteiger partial charge >= 0.3 is 0 Å². The number of benzene rings is 1. The molecule has 3 rings (SSSR count). The van der Waals surface area contributed by atoms with E-state index in [1.165, 1.54) is 29.3 Å². The van der Waals surface area contributed by atoms with Gasteiger partial charge in [-0.05, 0) is 31.3 Å². The summed E-state index contributed by atoms with van der Waals surface area (Å²) in [7, 11) is 1.59. The molecule has 0 radical (unpaired) electrons. The monoisotopic (exact) mass is 441 g/mol. The Kier molecular flexibility index (Phi) is 6.75. The maximum atomic E-state index is 13.4. The Labute approximate surface area is 174 Å². The number of aromatic amines is 1. The number of aromatic nitrogens is 3. The van der Waals surface area contributed by atoms with Gasteiger partial charge in [0.05, 0.1) is 22.8 Å². The minimum atomic E-state index is -2.41. The molecule has 0 atom stereocenters. The van der Waals surface area contributed by atoms with Crippen LogP contribution in [-0.4, -0.2) is 64.0 Å². The molecule has 12 heteroatoms. The lowest BCUT2D eigenvalue weighted by atomic mass is 10.2. The van der Waals surface area contributed by atoms with Crippen molar-refractivity contribution in [1.82, 2.24) is 19.9 Å². The molecule has 2 heterocycles. The average Bonchev–Trinajstić information content (AvgIpc) is 3.11. The lowest BCUT2D eigenvalue weighted by Crippen LogP contribution is -2.29. The van der Waals surface area contributed by atoms with Gasteiger partial charge in [0, 0.05) is 24.8 Å². The molecule has 4 N–H and O–H groups in total. The van der Waals surface area contributed by atoms with Crippen LogP contribution in [0.2, 0.25) is 5.02 Å². The number of rotatable bonds is 8. The van der Waals surface area contributed by atoms with Gasteiger partial charge in [-0.3, -0.25) is 15.5 Å². The van der Waals surface area contributed by atoms with E-state index in [-0.39, 0.29) is 23.1 Å². The van der Waals surface area contributed by atoms with Gasteiger partial charge in [-0.15, -0.1) is 0 Å². The first kappa shape index (κ1) is 21.8. The average molecular weight is 442 g/mol. The number of anilines is 2. The molecular weight excluding hydrogens is 423 g/mol. The van der Waals surface area contributed by atoms with Crippen LogP contribution in [0.4, 0.5) is 24.8 Å². The van der Waals surface area contributed by atoms with Gasteiger partial charge < -0.3 is 10.3 Å². The number of likely N-dealkylation sites (N-methyl/N-ethyl adjacent to an activating group) is 1. The van der Waals surface area contributed by atoms with E-state index in [2.05, 4.69) is 20.3 Å². The number of hydroxylamine groups is 1. The molecule has 0 saturated heterocycles. The second-order valence-corrected chi connectivity index (χ2v) is 6.89. The molecule has 0 amide bonds. The molecule has 0 spiro atoms. The number of hydrogen-bond acceptors (Lipinski definition) is 6. The highest BCUT2D eigenvalue weighted by atomic mass is 35.5. The largest absolute Gasteiger partial charge is 0.354 e. The van der Waals surface area contributed by atoms with E-state index in [9.17, 15) is 18.4 Å². The van der Waals surface area contributed by atoms with Gasteiger partial charge in [0.15, 0.2) is 11.5 Å². The van der Waals surface area contributed by atoms with Gasteiger partial charge in [-0.1, -0.05) is 11.6 Å². The Hall–Kier alpha value is -2.89. The van der Waals surface area contributed by atoms with Crippen LogP contribution < -0.4 is 10.4 Å². The third-order valence-corrected chi connectivity index (χ3v) is 4.53. The number of imidazole rings is 1. The minimum Gasteiger partial charge on any atom is -0.354 e. The molecule has 30 heavy (non-hydrogen) atoms. The predicted octanol–water partition coefficient (Wildman–Crippen LogP) is 3.58. The zero-order valence-electron chi connectivity index (χ0n) is 15.8. The van der Waals surface area contributed by atoms with Gasteiger partial charge in [-0.25, -0.2) is 23.2 Å². The lowest BCUT2D eigenvalue weighted by molar-refractivity contribution is 0.102. The maximum Gasteiger partial charge on any atom is 0.251 e. The molecule has 1 aromatic carbocycles. The summed E-state index contributed by atoms with van der Waals surface area (Å²) in [5.74, 6) is -0.607. The number of halogens is 4. The van der Waals surface area contributed by atoms with Crippen LogP contribution in [0.5, 0.6) is 0 Å². The Morgan fingerprint density at radius 3 is 2.83 bits per heavy atom. The van der Waals surface area contributed by atoms with Crippen molar-refractivity contribution in [3.63, 3.8) is 0 Å². The SMILES string of the molecule is CN(CCNc1nc2nccc(C(=N)N(O)c3ccc(F)c(Cl)c3)c2[nH]1)CC(F)F. The Morgan fingerprint density at radius 2 is 2.13 bits per heavy atom. The highest BCUT2D eigenvalue weighted by molar-refractivity contribution is 6.31. The molecule has 0 aliphatic rings. The van der Waals surface area contributed by atoms with E-state index in [1.54, 1.807) is 7.05 Å². The molecule has 0 unspecified atom stereocenters. The van der Waals surface area contributed by atoms with Gasteiger partial charge in [0.2, 0.25) is 5.95 Å². The van der Waals surface area contributed by atoms with Crippen LogP contribution >= 0.6 is 11.6 Å². The summed E-state index contributed by atoms with van der Waals surface area (Å²) in [6.07, 6.45) is -0.977. The molecule has 0 aliphatic carbocycles. The van der Waals surface area contributed by atoms with Gasteiger partial charge in [0.1, 0.15) is 5.82 Å². The fraction of sp³-hybridized carbons (Fsp3) is 0.278. The van der Waals surface area contributed by atoms with Crippen molar-refractivity contribution in [3.8, 4) is 0 Å². The number of nitrogens with zero attached hydrogens (tertiary/aromatic N) is 4. The van der Waals surface area contributed by atoms with Crippen molar-refractivity contribution in [2.75, 3.05) is 37.1 Å². The number of amidine groups is 1. The molecule has 0 saturated carbocycles. The fourth-order valence-corrected chi connectivity index (χ4v) is 2.92. The first-order valence-electron chi connectivity index (χ1n) is 8.84. The number of nitrogens with one attached hydrogen (secondary N) is 3. The van der Waals surface area contributed by atoms with Crippen molar-refractivity contribution in [2.45, 2.75) is 6.43 Å². The van der Waals surface area contributed by atoms with Crippen molar-refractivity contribution >= 4 is 40.2 Å². The first-order chi connectivity index (χ1) is 14.3. The summed E-state index contributed by atoms with van der Waals surface area (Å²) in [6.45, 7) is 0.397. The van der Waals surface area contributed by atoms with Crippen LogP contribution in [-0.2, 0) is 0 Å². The summed E-state index contributed by atoms with van der Waals surface area (Å²) in [6, 6.07) is 5.07. The van der Waals surface area contributed by atoms with E-state index in [0.29, 0.717) is 40.8 Å². The zero-order valence-corrected chi connectivity index (χ0v) is 16.6. The standard InChI is InChI=1S/C18H19ClF3N7O/c1-28(9-14(21)22)7-6-25-18-26-15-11(4-5-24-17(15)27-18)16(23)29(30)10-2-3-13(20)12(19)8-10/h2-5,8,14,23,30H,6-7,9H2,1H3,(H2,24,25,26,27). The number of fused-ring (bicyclic) bond motifs is 1. The molecule has 8 nitrogen and oxygen atoms in total. The zero-order chi connectivity index (χ0) is 21.8. The normalized spacial score (nSPS) is 11.5. The summed E-state index contributed by atoms with van der Waals surface area (Å²) in [5.41, 5.74) is 1.08. The minimum absolute atomic E-state index is 0.108. The number of alkyl halides is 2. The van der Waals surface area contributed by atoms with E-state index in [4.69, 9.17) is 17.0 Å².